The number of ether oxygens (including phenoxy) is 2. The van der Waals surface area contributed by atoms with Gasteiger partial charge in [0.15, 0.2) is 0 Å². The first-order chi connectivity index (χ1) is 14.0. The summed E-state index contributed by atoms with van der Waals surface area (Å²) in [4.78, 5) is 20.5. The monoisotopic (exact) mass is 417 g/mol. The molecule has 1 amide bonds. The molecular weight excluding hydrogens is 386 g/mol. The molecule has 0 radical (unpaired) electrons. The van der Waals surface area contributed by atoms with Gasteiger partial charge < -0.3 is 19.7 Å². The van der Waals surface area contributed by atoms with Crippen molar-refractivity contribution in [2.75, 3.05) is 33.9 Å². The number of carbonyl (C=O) groups excluding carboxylic acids is 1. The number of carbonyl (C=O) groups is 1. The van der Waals surface area contributed by atoms with E-state index in [4.69, 9.17) is 9.47 Å². The highest BCUT2D eigenvalue weighted by molar-refractivity contribution is 7.17. The summed E-state index contributed by atoms with van der Waals surface area (Å²) in [5, 5.41) is 3.83. The van der Waals surface area contributed by atoms with Crippen molar-refractivity contribution in [3.8, 4) is 22.1 Å². The van der Waals surface area contributed by atoms with Crippen molar-refractivity contribution in [2.45, 2.75) is 45.6 Å². The van der Waals surface area contributed by atoms with E-state index in [1.807, 2.05) is 25.1 Å². The number of nitrogens with one attached hydrogen (secondary N) is 1. The lowest BCUT2D eigenvalue weighted by molar-refractivity contribution is 0.0952. The first kappa shape index (κ1) is 21.6. The van der Waals surface area contributed by atoms with Crippen molar-refractivity contribution < 1.29 is 14.3 Å². The molecule has 0 saturated carbocycles. The summed E-state index contributed by atoms with van der Waals surface area (Å²) in [6.07, 6.45) is 4.87. The lowest BCUT2D eigenvalue weighted by Crippen LogP contribution is -2.39. The molecule has 0 spiro atoms. The molecule has 29 heavy (non-hydrogen) atoms. The molecule has 7 heteroatoms. The van der Waals surface area contributed by atoms with Crippen molar-refractivity contribution >= 4 is 17.2 Å². The standard InChI is InChI=1S/C22H31N3O3S/c1-15-8-5-6-12-25(15)13-7-11-23-21(26)20-16(2)24-22(29-20)18-10-9-17(27-3)14-19(18)28-4/h9-10,14-15H,5-8,11-13H2,1-4H3,(H,23,26)/t15-/m0/s1. The molecule has 1 aliphatic heterocycles. The largest absolute Gasteiger partial charge is 0.497 e. The van der Waals surface area contributed by atoms with Gasteiger partial charge in [-0.05, 0) is 51.8 Å². The highest BCUT2D eigenvalue weighted by Crippen LogP contribution is 2.36. The summed E-state index contributed by atoms with van der Waals surface area (Å²) in [6.45, 7) is 7.07. The number of aryl methyl sites for hydroxylation is 1. The Morgan fingerprint density at radius 2 is 2.14 bits per heavy atom. The van der Waals surface area contributed by atoms with Crippen LogP contribution in [0, 0.1) is 6.92 Å². The van der Waals surface area contributed by atoms with Crippen LogP contribution >= 0.6 is 11.3 Å². The van der Waals surface area contributed by atoms with Crippen molar-refractivity contribution in [1.82, 2.24) is 15.2 Å². The van der Waals surface area contributed by atoms with Crippen molar-refractivity contribution in [3.63, 3.8) is 0 Å². The van der Waals surface area contributed by atoms with E-state index < -0.39 is 0 Å². The van der Waals surface area contributed by atoms with Crippen LogP contribution in [0.15, 0.2) is 18.2 Å². The van der Waals surface area contributed by atoms with Crippen molar-refractivity contribution in [3.05, 3.63) is 28.8 Å². The molecule has 1 atom stereocenters. The predicted octanol–water partition coefficient (Wildman–Crippen LogP) is 4.13. The minimum Gasteiger partial charge on any atom is -0.497 e. The number of rotatable bonds is 8. The molecule has 158 valence electrons. The maximum atomic E-state index is 12.7. The zero-order chi connectivity index (χ0) is 20.8. The smallest absolute Gasteiger partial charge is 0.263 e. The third kappa shape index (κ3) is 5.28. The van der Waals surface area contributed by atoms with Gasteiger partial charge in [0.1, 0.15) is 21.4 Å². The minimum atomic E-state index is -0.0505. The van der Waals surface area contributed by atoms with E-state index >= 15 is 0 Å². The number of hydrogen-bond acceptors (Lipinski definition) is 6. The number of piperidine rings is 1. The molecule has 0 aliphatic carbocycles. The minimum absolute atomic E-state index is 0.0505. The Morgan fingerprint density at radius 1 is 1.31 bits per heavy atom. The Hall–Kier alpha value is -2.12. The summed E-state index contributed by atoms with van der Waals surface area (Å²) in [7, 11) is 3.24. The molecule has 2 aromatic rings. The number of amides is 1. The zero-order valence-electron chi connectivity index (χ0n) is 17.8. The number of hydrogen-bond donors (Lipinski definition) is 1. The second-order valence-electron chi connectivity index (χ2n) is 7.49. The first-order valence-electron chi connectivity index (χ1n) is 10.3. The van der Waals surface area contributed by atoms with Crippen LogP contribution in [0.1, 0.15) is 48.0 Å². The number of thiazole rings is 1. The van der Waals surface area contributed by atoms with E-state index in [0.29, 0.717) is 23.2 Å². The topological polar surface area (TPSA) is 63.7 Å². The van der Waals surface area contributed by atoms with Gasteiger partial charge in [0.25, 0.3) is 5.91 Å². The number of benzene rings is 1. The second kappa shape index (κ2) is 10.1. The number of nitrogens with zero attached hydrogens (tertiary/aromatic N) is 2. The Labute approximate surface area is 177 Å². The van der Waals surface area contributed by atoms with E-state index in [0.717, 1.165) is 35.0 Å². The summed E-state index contributed by atoms with van der Waals surface area (Å²) in [6, 6.07) is 6.27. The average molecular weight is 418 g/mol. The molecule has 6 nitrogen and oxygen atoms in total. The predicted molar refractivity (Wildman–Crippen MR) is 117 cm³/mol. The fourth-order valence-corrected chi connectivity index (χ4v) is 4.76. The van der Waals surface area contributed by atoms with Crippen LogP contribution in [0.5, 0.6) is 11.5 Å². The Balaban J connectivity index is 1.60. The lowest BCUT2D eigenvalue weighted by atomic mass is 10.0. The van der Waals surface area contributed by atoms with Crippen LogP contribution in [0.3, 0.4) is 0 Å². The van der Waals surface area contributed by atoms with Crippen LogP contribution in [0.2, 0.25) is 0 Å². The van der Waals surface area contributed by atoms with Crippen LogP contribution in [0.4, 0.5) is 0 Å². The van der Waals surface area contributed by atoms with Gasteiger partial charge in [0.2, 0.25) is 0 Å². The molecule has 1 aromatic heterocycles. The fourth-order valence-electron chi connectivity index (χ4n) is 3.75. The molecule has 1 fully saturated rings. The van der Waals surface area contributed by atoms with Gasteiger partial charge in [-0.15, -0.1) is 11.3 Å². The van der Waals surface area contributed by atoms with Gasteiger partial charge in [-0.1, -0.05) is 6.42 Å². The molecular formula is C22H31N3O3S. The van der Waals surface area contributed by atoms with Gasteiger partial charge in [0.05, 0.1) is 25.5 Å². The van der Waals surface area contributed by atoms with Gasteiger partial charge in [-0.3, -0.25) is 4.79 Å². The molecule has 0 unspecified atom stereocenters. The summed E-state index contributed by atoms with van der Waals surface area (Å²) in [5.41, 5.74) is 1.60. The molecule has 1 aromatic carbocycles. The van der Waals surface area contributed by atoms with Crippen LogP contribution in [-0.4, -0.2) is 55.7 Å². The van der Waals surface area contributed by atoms with E-state index in [1.54, 1.807) is 14.2 Å². The third-order valence-corrected chi connectivity index (χ3v) is 6.68. The Morgan fingerprint density at radius 3 is 2.86 bits per heavy atom. The summed E-state index contributed by atoms with van der Waals surface area (Å²) < 4.78 is 10.7. The number of likely N-dealkylation sites (tertiary alicyclic amines) is 1. The van der Waals surface area contributed by atoms with Crippen molar-refractivity contribution in [2.24, 2.45) is 0 Å². The van der Waals surface area contributed by atoms with E-state index in [1.165, 1.54) is 37.1 Å². The first-order valence-corrected chi connectivity index (χ1v) is 11.1. The molecule has 3 rings (SSSR count). The third-order valence-electron chi connectivity index (χ3n) is 5.49. The quantitative estimate of drug-likeness (QED) is 0.655. The Bertz CT molecular complexity index is 837. The lowest BCUT2D eigenvalue weighted by Gasteiger charge is -2.33. The maximum Gasteiger partial charge on any atom is 0.263 e. The van der Waals surface area contributed by atoms with Crippen molar-refractivity contribution in [1.29, 1.82) is 0 Å². The summed E-state index contributed by atoms with van der Waals surface area (Å²) in [5.74, 6) is 1.35. The highest BCUT2D eigenvalue weighted by Gasteiger charge is 2.20. The Kier molecular flexibility index (Phi) is 7.50. The SMILES string of the molecule is COc1ccc(-c2nc(C)c(C(=O)NCCCN3CCCC[C@@H]3C)s2)c(OC)c1. The van der Waals surface area contributed by atoms with Gasteiger partial charge >= 0.3 is 0 Å². The van der Waals surface area contributed by atoms with Crippen LogP contribution in [-0.2, 0) is 0 Å². The summed E-state index contributed by atoms with van der Waals surface area (Å²) >= 11 is 1.40. The molecule has 1 saturated heterocycles. The normalized spacial score (nSPS) is 17.2. The molecule has 2 heterocycles. The highest BCUT2D eigenvalue weighted by atomic mass is 32.1. The number of methoxy groups -OCH3 is 2. The van der Waals surface area contributed by atoms with Crippen LogP contribution in [0.25, 0.3) is 10.6 Å². The van der Waals surface area contributed by atoms with Crippen LogP contribution < -0.4 is 14.8 Å². The van der Waals surface area contributed by atoms with Gasteiger partial charge in [-0.2, -0.15) is 0 Å². The van der Waals surface area contributed by atoms with Gasteiger partial charge in [0, 0.05) is 25.2 Å². The van der Waals surface area contributed by atoms with Gasteiger partial charge in [-0.25, -0.2) is 4.98 Å². The van der Waals surface area contributed by atoms with E-state index in [9.17, 15) is 4.79 Å². The average Bonchev–Trinajstić information content (AvgIpc) is 3.13. The number of aromatic nitrogens is 1. The zero-order valence-corrected chi connectivity index (χ0v) is 18.6. The second-order valence-corrected chi connectivity index (χ2v) is 8.49. The van der Waals surface area contributed by atoms with E-state index in [-0.39, 0.29) is 5.91 Å². The fraction of sp³-hybridized carbons (Fsp3) is 0.545. The molecule has 0 bridgehead atoms. The maximum absolute atomic E-state index is 12.7. The van der Waals surface area contributed by atoms with E-state index in [2.05, 4.69) is 22.1 Å². The molecule has 1 N–H and O–H groups in total. The molecule has 1 aliphatic rings.